The number of benzene rings is 1. The molecule has 1 aromatic carbocycles. The van der Waals surface area contributed by atoms with Crippen LogP contribution < -0.4 is 5.32 Å². The molecule has 1 saturated heterocycles. The quantitative estimate of drug-likeness (QED) is 0.703. The predicted molar refractivity (Wildman–Crippen MR) is 115 cm³/mol. The van der Waals surface area contributed by atoms with Crippen LogP contribution in [0.1, 0.15) is 45.1 Å². The first-order chi connectivity index (χ1) is 14.2. The number of halogens is 1. The summed E-state index contributed by atoms with van der Waals surface area (Å²) in [5.41, 5.74) is 1.13. The minimum absolute atomic E-state index is 0.0196. The summed E-state index contributed by atoms with van der Waals surface area (Å²) in [6.45, 7) is 6.99. The monoisotopic (exact) mass is 419 g/mol. The molecule has 1 atom stereocenters. The molecule has 1 fully saturated rings. The Morgan fingerprint density at radius 3 is 2.57 bits per heavy atom. The molecule has 2 aliphatic heterocycles. The van der Waals surface area contributed by atoms with E-state index in [9.17, 15) is 9.18 Å². The van der Waals surface area contributed by atoms with E-state index in [1.165, 1.54) is 12.1 Å². The van der Waals surface area contributed by atoms with Gasteiger partial charge in [0.2, 0.25) is 5.91 Å². The zero-order valence-electron chi connectivity index (χ0n) is 18.5. The van der Waals surface area contributed by atoms with Crippen molar-refractivity contribution >= 4 is 11.6 Å². The van der Waals surface area contributed by atoms with Gasteiger partial charge in [-0.15, -0.1) is 0 Å². The Bertz CT molecular complexity index is 755. The Hall–Kier alpha value is -1.99. The highest BCUT2D eigenvalue weighted by molar-refractivity contribution is 6.01. The Balaban J connectivity index is 1.63. The van der Waals surface area contributed by atoms with E-state index in [4.69, 9.17) is 9.57 Å². The van der Waals surface area contributed by atoms with Crippen LogP contribution in [0.5, 0.6) is 0 Å². The standard InChI is InChI=1S/C23H34FN3O3/c1-22(2,16-27(3)4)15-25-21(28)23(9-11-29-12-10-23)14-19-13-20(26-30-19)17-5-7-18(24)8-6-17/h5-8,19H,9-16H2,1-4H3,(H,25,28)/t19-/m0/s1. The first kappa shape index (κ1) is 22.7. The van der Waals surface area contributed by atoms with Gasteiger partial charge >= 0.3 is 0 Å². The highest BCUT2D eigenvalue weighted by Gasteiger charge is 2.44. The third kappa shape index (κ3) is 5.79. The molecule has 2 heterocycles. The topological polar surface area (TPSA) is 63.2 Å². The lowest BCUT2D eigenvalue weighted by Crippen LogP contribution is -2.49. The summed E-state index contributed by atoms with van der Waals surface area (Å²) in [5, 5.41) is 7.42. The Kier molecular flexibility index (Phi) is 7.14. The van der Waals surface area contributed by atoms with Gasteiger partial charge < -0.3 is 19.8 Å². The molecule has 2 aliphatic rings. The Morgan fingerprint density at radius 1 is 1.27 bits per heavy atom. The van der Waals surface area contributed by atoms with Crippen molar-refractivity contribution in [2.24, 2.45) is 16.0 Å². The van der Waals surface area contributed by atoms with Crippen molar-refractivity contribution in [3.63, 3.8) is 0 Å². The van der Waals surface area contributed by atoms with E-state index in [1.54, 1.807) is 12.1 Å². The van der Waals surface area contributed by atoms with E-state index in [-0.39, 0.29) is 23.2 Å². The normalized spacial score (nSPS) is 21.3. The number of hydrogen-bond donors (Lipinski definition) is 1. The average Bonchev–Trinajstić information content (AvgIpc) is 3.14. The largest absolute Gasteiger partial charge is 0.392 e. The maximum absolute atomic E-state index is 13.3. The van der Waals surface area contributed by atoms with Crippen molar-refractivity contribution in [1.82, 2.24) is 10.2 Å². The predicted octanol–water partition coefficient (Wildman–Crippen LogP) is 3.21. The van der Waals surface area contributed by atoms with Crippen LogP contribution in [-0.2, 0) is 14.4 Å². The molecule has 0 radical (unpaired) electrons. The van der Waals surface area contributed by atoms with Crippen molar-refractivity contribution in [1.29, 1.82) is 0 Å². The molecular weight excluding hydrogens is 385 g/mol. The van der Waals surface area contributed by atoms with Crippen molar-refractivity contribution in [2.75, 3.05) is 40.4 Å². The van der Waals surface area contributed by atoms with Gasteiger partial charge in [0.25, 0.3) is 0 Å². The lowest BCUT2D eigenvalue weighted by Gasteiger charge is -2.38. The summed E-state index contributed by atoms with van der Waals surface area (Å²) in [5.74, 6) is -0.193. The molecule has 0 spiro atoms. The summed E-state index contributed by atoms with van der Waals surface area (Å²) in [6.07, 6.45) is 2.42. The number of rotatable bonds is 8. The highest BCUT2D eigenvalue weighted by Crippen LogP contribution is 2.39. The molecule has 1 aromatic rings. The maximum atomic E-state index is 13.3. The molecule has 0 aromatic heterocycles. The van der Waals surface area contributed by atoms with Gasteiger partial charge in [-0.05, 0) is 50.0 Å². The number of amides is 1. The van der Waals surface area contributed by atoms with Crippen LogP contribution in [-0.4, -0.2) is 63.0 Å². The van der Waals surface area contributed by atoms with Crippen molar-refractivity contribution in [3.05, 3.63) is 35.6 Å². The molecule has 0 bridgehead atoms. The van der Waals surface area contributed by atoms with Crippen molar-refractivity contribution < 1.29 is 18.8 Å². The maximum Gasteiger partial charge on any atom is 0.226 e. The molecule has 3 rings (SSSR count). The minimum atomic E-state index is -0.509. The van der Waals surface area contributed by atoms with Crippen LogP contribution in [0.25, 0.3) is 0 Å². The zero-order chi connectivity index (χ0) is 21.8. The number of carbonyl (C=O) groups excluding carboxylic acids is 1. The van der Waals surface area contributed by atoms with Crippen LogP contribution in [0, 0.1) is 16.6 Å². The smallest absolute Gasteiger partial charge is 0.226 e. The lowest BCUT2D eigenvalue weighted by molar-refractivity contribution is -0.140. The van der Waals surface area contributed by atoms with Crippen LogP contribution in [0.15, 0.2) is 29.4 Å². The van der Waals surface area contributed by atoms with Gasteiger partial charge in [-0.2, -0.15) is 0 Å². The van der Waals surface area contributed by atoms with Gasteiger partial charge in [0.05, 0.1) is 11.1 Å². The van der Waals surface area contributed by atoms with Crippen LogP contribution in [0.2, 0.25) is 0 Å². The van der Waals surface area contributed by atoms with E-state index in [2.05, 4.69) is 29.2 Å². The first-order valence-electron chi connectivity index (χ1n) is 10.7. The van der Waals surface area contributed by atoms with Gasteiger partial charge in [-0.1, -0.05) is 31.1 Å². The van der Waals surface area contributed by atoms with E-state index >= 15 is 0 Å². The Labute approximate surface area is 178 Å². The van der Waals surface area contributed by atoms with Crippen LogP contribution in [0.4, 0.5) is 4.39 Å². The van der Waals surface area contributed by atoms with Crippen LogP contribution in [0.3, 0.4) is 0 Å². The summed E-state index contributed by atoms with van der Waals surface area (Å²) in [4.78, 5) is 21.1. The van der Waals surface area contributed by atoms with Gasteiger partial charge in [0.1, 0.15) is 11.9 Å². The molecule has 30 heavy (non-hydrogen) atoms. The summed E-state index contributed by atoms with van der Waals surface area (Å²) < 4.78 is 18.7. The van der Waals surface area contributed by atoms with E-state index in [0.29, 0.717) is 45.4 Å². The molecule has 7 heteroatoms. The number of nitrogens with one attached hydrogen (secondary N) is 1. The van der Waals surface area contributed by atoms with Gasteiger partial charge in [0, 0.05) is 39.1 Å². The fraction of sp³-hybridized carbons (Fsp3) is 0.652. The fourth-order valence-electron chi connectivity index (χ4n) is 4.49. The number of nitrogens with zero attached hydrogens (tertiary/aromatic N) is 2. The summed E-state index contributed by atoms with van der Waals surface area (Å²) >= 11 is 0. The van der Waals surface area contributed by atoms with Crippen molar-refractivity contribution in [3.8, 4) is 0 Å². The Morgan fingerprint density at radius 2 is 1.93 bits per heavy atom. The second kappa shape index (κ2) is 9.43. The zero-order valence-corrected chi connectivity index (χ0v) is 18.5. The molecule has 6 nitrogen and oxygen atoms in total. The third-order valence-electron chi connectivity index (χ3n) is 5.93. The minimum Gasteiger partial charge on any atom is -0.392 e. The van der Waals surface area contributed by atoms with E-state index in [0.717, 1.165) is 17.8 Å². The highest BCUT2D eigenvalue weighted by atomic mass is 19.1. The summed E-state index contributed by atoms with van der Waals surface area (Å²) in [7, 11) is 4.08. The molecule has 0 aliphatic carbocycles. The average molecular weight is 420 g/mol. The molecule has 0 saturated carbocycles. The van der Waals surface area contributed by atoms with Crippen molar-refractivity contribution in [2.45, 2.75) is 45.6 Å². The summed E-state index contributed by atoms with van der Waals surface area (Å²) in [6, 6.07) is 6.27. The molecule has 1 N–H and O–H groups in total. The molecule has 1 amide bonds. The number of ether oxygens (including phenoxy) is 1. The number of carbonyl (C=O) groups is 1. The second-order valence-electron chi connectivity index (χ2n) is 9.66. The van der Waals surface area contributed by atoms with Crippen LogP contribution >= 0.6 is 0 Å². The molecule has 166 valence electrons. The second-order valence-corrected chi connectivity index (χ2v) is 9.66. The number of hydrogen-bond acceptors (Lipinski definition) is 5. The third-order valence-corrected chi connectivity index (χ3v) is 5.93. The van der Waals surface area contributed by atoms with E-state index < -0.39 is 5.41 Å². The lowest BCUT2D eigenvalue weighted by atomic mass is 9.74. The fourth-order valence-corrected chi connectivity index (χ4v) is 4.49. The van der Waals surface area contributed by atoms with Gasteiger partial charge in [-0.3, -0.25) is 4.79 Å². The van der Waals surface area contributed by atoms with Gasteiger partial charge in [0.15, 0.2) is 0 Å². The van der Waals surface area contributed by atoms with E-state index in [1.807, 2.05) is 14.1 Å². The van der Waals surface area contributed by atoms with Gasteiger partial charge in [-0.25, -0.2) is 4.39 Å². The molecular formula is C23H34FN3O3. The number of oxime groups is 1. The SMILES string of the molecule is CN(C)CC(C)(C)CNC(=O)C1(C[C@@H]2CC(c3ccc(F)cc3)=NO2)CCOCC1. The molecule has 0 unspecified atom stereocenters. The first-order valence-corrected chi connectivity index (χ1v) is 10.7.